The molecule has 2 nitrogen and oxygen atoms in total. The van der Waals surface area contributed by atoms with E-state index in [2.05, 4.69) is 261 Å². The maximum absolute atomic E-state index is 2.75. The van der Waals surface area contributed by atoms with Crippen LogP contribution in [-0.4, -0.2) is 6.71 Å². The van der Waals surface area contributed by atoms with Crippen molar-refractivity contribution in [3.05, 3.63) is 184 Å². The first-order chi connectivity index (χ1) is 35.0. The van der Waals surface area contributed by atoms with Crippen LogP contribution in [0.25, 0.3) is 11.1 Å². The minimum absolute atomic E-state index is 0.00873. The van der Waals surface area contributed by atoms with Gasteiger partial charge < -0.3 is 9.80 Å². The Kier molecular flexibility index (Phi) is 10.8. The molecule has 0 bridgehead atoms. The number of hydrogen-bond donors (Lipinski definition) is 0. The molecule has 12 rings (SSSR count). The number of benzene rings is 7. The van der Waals surface area contributed by atoms with Gasteiger partial charge in [-0.15, -0.1) is 0 Å². The molecule has 3 heteroatoms. The molecular formula is C72H83BN2. The summed E-state index contributed by atoms with van der Waals surface area (Å²) in [7, 11) is 0. The molecule has 0 N–H and O–H groups in total. The first kappa shape index (κ1) is 50.0. The van der Waals surface area contributed by atoms with E-state index < -0.39 is 0 Å². The Morgan fingerprint density at radius 1 is 0.373 bits per heavy atom. The summed E-state index contributed by atoms with van der Waals surface area (Å²) < 4.78 is 0. The Morgan fingerprint density at radius 2 is 0.840 bits per heavy atom. The van der Waals surface area contributed by atoms with Crippen LogP contribution in [0.15, 0.2) is 133 Å². The molecule has 0 saturated carbocycles. The molecule has 7 aromatic rings. The third kappa shape index (κ3) is 7.61. The maximum atomic E-state index is 2.75. The highest BCUT2D eigenvalue weighted by atomic mass is 15.2. The Hall–Kier alpha value is -5.80. The average molecular weight is 987 g/mol. The van der Waals surface area contributed by atoms with Gasteiger partial charge >= 0.3 is 0 Å². The second-order valence-electron chi connectivity index (χ2n) is 29.5. The van der Waals surface area contributed by atoms with Crippen molar-refractivity contribution in [1.29, 1.82) is 0 Å². The largest absolute Gasteiger partial charge is 0.311 e. The normalized spacial score (nSPS) is 19.8. The summed E-state index contributed by atoms with van der Waals surface area (Å²) in [6.45, 7) is 42.0. The zero-order chi connectivity index (χ0) is 53.4. The van der Waals surface area contributed by atoms with Crippen molar-refractivity contribution in [3.8, 4) is 11.1 Å². The first-order valence-electron chi connectivity index (χ1n) is 28.6. The zero-order valence-electron chi connectivity index (χ0n) is 48.7. The van der Waals surface area contributed by atoms with Crippen LogP contribution in [-0.2, 0) is 43.3 Å². The summed E-state index contributed by atoms with van der Waals surface area (Å²) in [5.74, 6) is 0. The highest BCUT2D eigenvalue weighted by Crippen LogP contribution is 2.56. The van der Waals surface area contributed by atoms with E-state index in [4.69, 9.17) is 0 Å². The van der Waals surface area contributed by atoms with Gasteiger partial charge in [0.2, 0.25) is 0 Å². The number of anilines is 6. The number of hydrogen-bond acceptors (Lipinski definition) is 2. The second kappa shape index (κ2) is 16.1. The van der Waals surface area contributed by atoms with E-state index in [1.165, 1.54) is 137 Å². The van der Waals surface area contributed by atoms with Crippen LogP contribution in [0, 0.1) is 0 Å². The lowest BCUT2D eigenvalue weighted by atomic mass is 9.32. The molecule has 0 unspecified atom stereocenters. The molecule has 75 heavy (non-hydrogen) atoms. The van der Waals surface area contributed by atoms with Gasteiger partial charge in [-0.3, -0.25) is 0 Å². The summed E-state index contributed by atoms with van der Waals surface area (Å²) >= 11 is 0. The van der Waals surface area contributed by atoms with E-state index in [-0.39, 0.29) is 50.0 Å². The van der Waals surface area contributed by atoms with Crippen LogP contribution in [0.3, 0.4) is 0 Å². The Bertz CT molecular complexity index is 3480. The fourth-order valence-electron chi connectivity index (χ4n) is 15.2. The maximum Gasteiger partial charge on any atom is 0.252 e. The topological polar surface area (TPSA) is 6.48 Å². The molecule has 0 radical (unpaired) electrons. The molecule has 0 saturated heterocycles. The minimum atomic E-state index is -0.222. The highest BCUT2D eigenvalue weighted by Gasteiger charge is 2.51. The van der Waals surface area contributed by atoms with E-state index in [0.717, 1.165) is 6.42 Å². The molecule has 2 aliphatic heterocycles. The van der Waals surface area contributed by atoms with Gasteiger partial charge in [0.1, 0.15) is 0 Å². The van der Waals surface area contributed by atoms with Crippen LogP contribution < -0.4 is 26.2 Å². The first-order valence-corrected chi connectivity index (χ1v) is 28.6. The molecule has 0 aromatic heterocycles. The molecular weight excluding hydrogens is 904 g/mol. The summed E-state index contributed by atoms with van der Waals surface area (Å²) in [4.78, 5) is 5.50. The molecule has 5 aliphatic rings. The van der Waals surface area contributed by atoms with E-state index in [0.29, 0.717) is 0 Å². The minimum Gasteiger partial charge on any atom is -0.311 e. The molecule has 7 aromatic carbocycles. The van der Waals surface area contributed by atoms with Crippen molar-refractivity contribution in [2.75, 3.05) is 9.80 Å². The molecule has 0 spiro atoms. The smallest absolute Gasteiger partial charge is 0.252 e. The lowest BCUT2D eigenvalue weighted by Gasteiger charge is -2.48. The SMILES string of the molecule is CC(C)(C)c1cc2c3c(c1)N(c1ccc(C(C)(C)c4ccccc4)cc1-c1ccccc1)c1cc4c(cc1B3c1cc3c(cc1N2c1ccc2c(c1)C(C)(C)CCC2(C)C)C(C)(C)CCC3(C)C)C(C)(C)CC4(C)C. The lowest BCUT2D eigenvalue weighted by molar-refractivity contribution is 0.332. The van der Waals surface area contributed by atoms with Gasteiger partial charge in [-0.1, -0.05) is 203 Å². The quantitative estimate of drug-likeness (QED) is 0.159. The van der Waals surface area contributed by atoms with E-state index in [9.17, 15) is 0 Å². The number of fused-ring (bicyclic) bond motifs is 7. The summed E-state index contributed by atoms with van der Waals surface area (Å²) in [6, 6.07) is 53.4. The van der Waals surface area contributed by atoms with E-state index in [1.807, 2.05) is 0 Å². The third-order valence-electron chi connectivity index (χ3n) is 20.0. The number of nitrogens with zero attached hydrogens (tertiary/aromatic N) is 2. The summed E-state index contributed by atoms with van der Waals surface area (Å²) in [5.41, 5.74) is 27.4. The van der Waals surface area contributed by atoms with Gasteiger partial charge in [-0.2, -0.15) is 0 Å². The fourth-order valence-corrected chi connectivity index (χ4v) is 15.2. The second-order valence-corrected chi connectivity index (χ2v) is 29.5. The molecule has 2 heterocycles. The van der Waals surface area contributed by atoms with Gasteiger partial charge in [0.05, 0.1) is 5.69 Å². The van der Waals surface area contributed by atoms with Crippen LogP contribution in [0.4, 0.5) is 34.1 Å². The van der Waals surface area contributed by atoms with Gasteiger partial charge in [0, 0.05) is 39.4 Å². The Balaban J connectivity index is 1.23. The van der Waals surface area contributed by atoms with Crippen molar-refractivity contribution in [2.45, 2.75) is 193 Å². The molecule has 3 aliphatic carbocycles. The van der Waals surface area contributed by atoms with Crippen LogP contribution in [0.1, 0.15) is 200 Å². The highest BCUT2D eigenvalue weighted by molar-refractivity contribution is 7.00. The van der Waals surface area contributed by atoms with Crippen molar-refractivity contribution in [3.63, 3.8) is 0 Å². The van der Waals surface area contributed by atoms with Gasteiger partial charge in [0.25, 0.3) is 6.71 Å². The summed E-state index contributed by atoms with van der Waals surface area (Å²) in [6.07, 6.45) is 5.83. The van der Waals surface area contributed by atoms with Crippen molar-refractivity contribution >= 4 is 57.2 Å². The van der Waals surface area contributed by atoms with Crippen molar-refractivity contribution < 1.29 is 0 Å². The Morgan fingerprint density at radius 3 is 1.40 bits per heavy atom. The van der Waals surface area contributed by atoms with Crippen molar-refractivity contribution in [1.82, 2.24) is 0 Å². The zero-order valence-corrected chi connectivity index (χ0v) is 48.7. The van der Waals surface area contributed by atoms with Crippen LogP contribution >= 0.6 is 0 Å². The lowest BCUT2D eigenvalue weighted by Crippen LogP contribution is -2.62. The van der Waals surface area contributed by atoms with Gasteiger partial charge in [-0.25, -0.2) is 0 Å². The summed E-state index contributed by atoms with van der Waals surface area (Å²) in [5, 5.41) is 0. The van der Waals surface area contributed by atoms with Crippen molar-refractivity contribution in [2.24, 2.45) is 0 Å². The van der Waals surface area contributed by atoms with Crippen LogP contribution in [0.5, 0.6) is 0 Å². The van der Waals surface area contributed by atoms with E-state index in [1.54, 1.807) is 0 Å². The van der Waals surface area contributed by atoms with E-state index >= 15 is 0 Å². The molecule has 0 fully saturated rings. The van der Waals surface area contributed by atoms with Crippen LogP contribution in [0.2, 0.25) is 0 Å². The monoisotopic (exact) mass is 987 g/mol. The standard InChI is InChI=1S/C72H83BN2/c1-65(2,3)48-37-62-64-63(38-48)75(59-31-28-47(36-50(59)45-24-20-18-21-25-45)72(16,17)46-26-22-19-23-27-46)61-43-56-54(70(12,13)44-71(56,14)15)41-58(61)73(64)57-40-53-55(69(10,11)35-34-68(53,8)9)42-60(57)74(62)49-29-30-51-52(39-49)67(6,7)33-32-66(51,4)5/h18-31,36-43H,32-35,44H2,1-17H3. The fraction of sp³-hybridized carbons (Fsp3) is 0.417. The average Bonchev–Trinajstić information content (AvgIpc) is 3.59. The molecule has 384 valence electrons. The Labute approximate surface area is 452 Å². The number of rotatable bonds is 5. The van der Waals surface area contributed by atoms with Gasteiger partial charge in [0.15, 0.2) is 0 Å². The molecule has 0 amide bonds. The predicted molar refractivity (Wildman–Crippen MR) is 324 cm³/mol. The predicted octanol–water partition coefficient (Wildman–Crippen LogP) is 17.7. The third-order valence-corrected chi connectivity index (χ3v) is 20.0. The van der Waals surface area contributed by atoms with Gasteiger partial charge in [-0.05, 0) is 191 Å². The molecule has 0 atom stereocenters.